The minimum atomic E-state index is 0.550. The maximum atomic E-state index is 5.92. The number of benzene rings is 1. The van der Waals surface area contributed by atoms with Crippen LogP contribution in [0.2, 0.25) is 5.02 Å². The molecule has 1 nitrogen and oxygen atoms in total. The summed E-state index contributed by atoms with van der Waals surface area (Å²) in [5.41, 5.74) is 1.25. The van der Waals surface area contributed by atoms with Crippen molar-refractivity contribution < 1.29 is 0 Å². The summed E-state index contributed by atoms with van der Waals surface area (Å²) in [6, 6.07) is 8.56. The van der Waals surface area contributed by atoms with Crippen LogP contribution < -0.4 is 5.32 Å². The summed E-state index contributed by atoms with van der Waals surface area (Å²) in [6.45, 7) is 7.63. The van der Waals surface area contributed by atoms with Crippen LogP contribution in [0.4, 0.5) is 0 Å². The molecule has 0 spiro atoms. The fourth-order valence-electron chi connectivity index (χ4n) is 1.48. The van der Waals surface area contributed by atoms with Gasteiger partial charge in [-0.25, -0.2) is 0 Å². The van der Waals surface area contributed by atoms with E-state index in [9.17, 15) is 0 Å². The second-order valence-electron chi connectivity index (χ2n) is 4.19. The van der Waals surface area contributed by atoms with Crippen molar-refractivity contribution in [3.05, 3.63) is 34.9 Å². The normalized spacial score (nSPS) is 14.9. The molecule has 15 heavy (non-hydrogen) atoms. The third kappa shape index (κ3) is 4.23. The zero-order valence-corrected chi connectivity index (χ0v) is 10.5. The Labute approximate surface area is 97.8 Å². The van der Waals surface area contributed by atoms with Gasteiger partial charge >= 0.3 is 0 Å². The van der Waals surface area contributed by atoms with Gasteiger partial charge in [-0.1, -0.05) is 44.0 Å². The van der Waals surface area contributed by atoms with Crippen LogP contribution in [-0.2, 0) is 6.54 Å². The van der Waals surface area contributed by atoms with E-state index in [0.29, 0.717) is 12.0 Å². The Bertz CT molecular complexity index is 298. The van der Waals surface area contributed by atoms with Crippen molar-refractivity contribution in [2.75, 3.05) is 0 Å². The first-order chi connectivity index (χ1) is 7.13. The maximum absolute atomic E-state index is 5.92. The highest BCUT2D eigenvalue weighted by Crippen LogP contribution is 2.12. The van der Waals surface area contributed by atoms with Crippen LogP contribution in [0.3, 0.4) is 0 Å². The van der Waals surface area contributed by atoms with Gasteiger partial charge in [0.25, 0.3) is 0 Å². The number of hydrogen-bond donors (Lipinski definition) is 1. The van der Waals surface area contributed by atoms with E-state index in [1.807, 2.05) is 18.2 Å². The first-order valence-electron chi connectivity index (χ1n) is 5.61. The predicted octanol–water partition coefficient (Wildman–Crippen LogP) is 3.86. The highest BCUT2D eigenvalue weighted by molar-refractivity contribution is 6.30. The van der Waals surface area contributed by atoms with E-state index in [-0.39, 0.29) is 0 Å². The highest BCUT2D eigenvalue weighted by atomic mass is 35.5. The minimum absolute atomic E-state index is 0.550. The maximum Gasteiger partial charge on any atom is 0.0409 e. The van der Waals surface area contributed by atoms with Crippen LogP contribution in [0.15, 0.2) is 24.3 Å². The summed E-state index contributed by atoms with van der Waals surface area (Å²) in [6.07, 6.45) is 1.21. The molecule has 0 saturated carbocycles. The molecule has 1 aromatic carbocycles. The molecule has 1 aromatic rings. The van der Waals surface area contributed by atoms with Gasteiger partial charge in [0.05, 0.1) is 0 Å². The molecular weight excluding hydrogens is 206 g/mol. The summed E-state index contributed by atoms with van der Waals surface area (Å²) >= 11 is 5.92. The Kier molecular flexibility index (Phi) is 5.13. The van der Waals surface area contributed by atoms with Crippen molar-refractivity contribution in [3.8, 4) is 0 Å². The molecule has 0 saturated heterocycles. The van der Waals surface area contributed by atoms with Crippen molar-refractivity contribution in [2.24, 2.45) is 5.92 Å². The van der Waals surface area contributed by atoms with Crippen molar-refractivity contribution >= 4 is 11.6 Å². The van der Waals surface area contributed by atoms with E-state index in [0.717, 1.165) is 11.6 Å². The van der Waals surface area contributed by atoms with E-state index in [1.54, 1.807) is 0 Å². The lowest BCUT2D eigenvalue weighted by atomic mass is 10.0. The quantitative estimate of drug-likeness (QED) is 0.803. The number of rotatable bonds is 5. The molecule has 0 bridgehead atoms. The molecule has 0 radical (unpaired) electrons. The summed E-state index contributed by atoms with van der Waals surface area (Å²) in [5, 5.41) is 4.33. The minimum Gasteiger partial charge on any atom is -0.310 e. The molecule has 1 N–H and O–H groups in total. The molecule has 0 aliphatic carbocycles. The summed E-state index contributed by atoms with van der Waals surface area (Å²) in [7, 11) is 0. The fourth-order valence-corrected chi connectivity index (χ4v) is 1.69. The molecule has 1 rings (SSSR count). The molecule has 0 heterocycles. The Morgan fingerprint density at radius 2 is 2.07 bits per heavy atom. The standard InChI is InChI=1S/C13H20ClN/c1-4-10(2)11(3)15-9-12-6-5-7-13(14)8-12/h5-8,10-11,15H,4,9H2,1-3H3/t10-,11-/m1/s1. The topological polar surface area (TPSA) is 12.0 Å². The van der Waals surface area contributed by atoms with Crippen molar-refractivity contribution in [3.63, 3.8) is 0 Å². The Morgan fingerprint density at radius 3 is 2.67 bits per heavy atom. The van der Waals surface area contributed by atoms with Crippen molar-refractivity contribution in [1.29, 1.82) is 0 Å². The first kappa shape index (κ1) is 12.5. The van der Waals surface area contributed by atoms with Gasteiger partial charge in [0.15, 0.2) is 0 Å². The summed E-state index contributed by atoms with van der Waals surface area (Å²) in [5.74, 6) is 0.712. The van der Waals surface area contributed by atoms with E-state index in [4.69, 9.17) is 11.6 Å². The number of hydrogen-bond acceptors (Lipinski definition) is 1. The van der Waals surface area contributed by atoms with Crippen LogP contribution in [0.1, 0.15) is 32.8 Å². The Balaban J connectivity index is 2.43. The molecule has 0 aliphatic rings. The molecule has 0 aliphatic heterocycles. The van der Waals surface area contributed by atoms with Crippen molar-refractivity contribution in [2.45, 2.75) is 39.8 Å². The van der Waals surface area contributed by atoms with Crippen LogP contribution in [0.25, 0.3) is 0 Å². The highest BCUT2D eigenvalue weighted by Gasteiger charge is 2.08. The zero-order chi connectivity index (χ0) is 11.3. The van der Waals surface area contributed by atoms with E-state index in [1.165, 1.54) is 12.0 Å². The smallest absolute Gasteiger partial charge is 0.0409 e. The molecule has 0 amide bonds. The number of halogens is 1. The summed E-state index contributed by atoms with van der Waals surface area (Å²) in [4.78, 5) is 0. The Morgan fingerprint density at radius 1 is 1.33 bits per heavy atom. The van der Waals surface area contributed by atoms with Gasteiger partial charge in [-0.2, -0.15) is 0 Å². The second-order valence-corrected chi connectivity index (χ2v) is 4.62. The lowest BCUT2D eigenvalue weighted by molar-refractivity contribution is 0.389. The molecular formula is C13H20ClN. The third-order valence-electron chi connectivity index (χ3n) is 3.01. The molecule has 0 aromatic heterocycles. The monoisotopic (exact) mass is 225 g/mol. The zero-order valence-electron chi connectivity index (χ0n) is 9.76. The van der Waals surface area contributed by atoms with Crippen molar-refractivity contribution in [1.82, 2.24) is 5.32 Å². The van der Waals surface area contributed by atoms with Crippen LogP contribution in [0.5, 0.6) is 0 Å². The SMILES string of the molecule is CC[C@@H](C)[C@@H](C)NCc1cccc(Cl)c1. The van der Waals surface area contributed by atoms with Gasteiger partial charge < -0.3 is 5.32 Å². The van der Waals surface area contributed by atoms with Gasteiger partial charge in [0.2, 0.25) is 0 Å². The summed E-state index contributed by atoms with van der Waals surface area (Å²) < 4.78 is 0. The fraction of sp³-hybridized carbons (Fsp3) is 0.538. The molecule has 84 valence electrons. The van der Waals surface area contributed by atoms with Gasteiger partial charge in [-0.15, -0.1) is 0 Å². The largest absolute Gasteiger partial charge is 0.310 e. The lowest BCUT2D eigenvalue weighted by Gasteiger charge is -2.19. The van der Waals surface area contributed by atoms with E-state index < -0.39 is 0 Å². The van der Waals surface area contributed by atoms with Crippen LogP contribution >= 0.6 is 11.6 Å². The van der Waals surface area contributed by atoms with Gasteiger partial charge in [-0.05, 0) is 30.5 Å². The van der Waals surface area contributed by atoms with Gasteiger partial charge in [-0.3, -0.25) is 0 Å². The Hall–Kier alpha value is -0.530. The average Bonchev–Trinajstić information content (AvgIpc) is 2.25. The first-order valence-corrected chi connectivity index (χ1v) is 5.99. The van der Waals surface area contributed by atoms with E-state index in [2.05, 4.69) is 32.2 Å². The average molecular weight is 226 g/mol. The lowest BCUT2D eigenvalue weighted by Crippen LogP contribution is -2.31. The third-order valence-corrected chi connectivity index (χ3v) is 3.25. The van der Waals surface area contributed by atoms with E-state index >= 15 is 0 Å². The van der Waals surface area contributed by atoms with Crippen LogP contribution in [-0.4, -0.2) is 6.04 Å². The molecule has 0 fully saturated rings. The molecule has 0 unspecified atom stereocenters. The van der Waals surface area contributed by atoms with Gasteiger partial charge in [0, 0.05) is 17.6 Å². The molecule has 2 atom stereocenters. The van der Waals surface area contributed by atoms with Gasteiger partial charge in [0.1, 0.15) is 0 Å². The number of nitrogens with one attached hydrogen (secondary N) is 1. The second kappa shape index (κ2) is 6.14. The molecule has 2 heteroatoms. The predicted molar refractivity (Wildman–Crippen MR) is 67.2 cm³/mol. The van der Waals surface area contributed by atoms with Crippen LogP contribution in [0, 0.1) is 5.92 Å².